The van der Waals surface area contributed by atoms with Crippen molar-refractivity contribution in [3.05, 3.63) is 0 Å². The van der Waals surface area contributed by atoms with Crippen LogP contribution in [0.4, 0.5) is 4.79 Å². The number of carbonyl (C=O) groups is 1. The molecule has 4 nitrogen and oxygen atoms in total. The van der Waals surface area contributed by atoms with E-state index in [1.165, 1.54) is 0 Å². The molecule has 1 atom stereocenters. The van der Waals surface area contributed by atoms with Gasteiger partial charge in [-0.25, -0.2) is 4.79 Å². The predicted octanol–water partition coefficient (Wildman–Crippen LogP) is 1.54. The lowest BCUT2D eigenvalue weighted by Crippen LogP contribution is -2.39. The number of amides is 1. The van der Waals surface area contributed by atoms with Crippen LogP contribution in [0.15, 0.2) is 0 Å². The van der Waals surface area contributed by atoms with Gasteiger partial charge in [-0.15, -0.1) is 0 Å². The van der Waals surface area contributed by atoms with Crippen molar-refractivity contribution >= 4 is 17.9 Å². The van der Waals surface area contributed by atoms with Gasteiger partial charge in [0.05, 0.1) is 6.10 Å². The molecular formula is C10H19NO3S. The van der Waals surface area contributed by atoms with Gasteiger partial charge < -0.3 is 15.5 Å². The van der Waals surface area contributed by atoms with Gasteiger partial charge >= 0.3 is 6.09 Å². The Morgan fingerprint density at radius 3 is 2.53 bits per heavy atom. The molecule has 0 bridgehead atoms. The van der Waals surface area contributed by atoms with Crippen LogP contribution in [0.25, 0.3) is 0 Å². The fourth-order valence-electron chi connectivity index (χ4n) is 2.13. The molecule has 0 aliphatic heterocycles. The van der Waals surface area contributed by atoms with E-state index >= 15 is 0 Å². The Kier molecular flexibility index (Phi) is 5.25. The SMILES string of the molecule is CSCC(O)C1CCC(NC(=O)O)CC1. The highest BCUT2D eigenvalue weighted by Crippen LogP contribution is 2.28. The Morgan fingerprint density at radius 2 is 2.07 bits per heavy atom. The molecule has 1 saturated carbocycles. The van der Waals surface area contributed by atoms with Crippen LogP contribution in [0.2, 0.25) is 0 Å². The van der Waals surface area contributed by atoms with Crippen molar-refractivity contribution in [1.82, 2.24) is 5.32 Å². The molecule has 0 spiro atoms. The molecular weight excluding hydrogens is 214 g/mol. The van der Waals surface area contributed by atoms with Gasteiger partial charge in [-0.2, -0.15) is 11.8 Å². The van der Waals surface area contributed by atoms with Crippen LogP contribution in [0.5, 0.6) is 0 Å². The standard InChI is InChI=1S/C10H19NO3S/c1-15-6-9(12)7-2-4-8(5-3-7)11-10(13)14/h7-9,11-12H,2-6H2,1H3,(H,13,14). The van der Waals surface area contributed by atoms with Crippen molar-refractivity contribution < 1.29 is 15.0 Å². The van der Waals surface area contributed by atoms with E-state index < -0.39 is 6.09 Å². The zero-order valence-electron chi connectivity index (χ0n) is 8.98. The quantitative estimate of drug-likeness (QED) is 0.689. The van der Waals surface area contributed by atoms with Crippen LogP contribution in [-0.2, 0) is 0 Å². The van der Waals surface area contributed by atoms with Gasteiger partial charge in [-0.3, -0.25) is 0 Å². The van der Waals surface area contributed by atoms with Crippen molar-refractivity contribution in [2.45, 2.75) is 37.8 Å². The van der Waals surface area contributed by atoms with Gasteiger partial charge in [0.2, 0.25) is 0 Å². The maximum atomic E-state index is 10.4. The zero-order chi connectivity index (χ0) is 11.3. The molecule has 1 aliphatic rings. The van der Waals surface area contributed by atoms with Crippen LogP contribution < -0.4 is 5.32 Å². The second-order valence-electron chi connectivity index (χ2n) is 4.08. The fourth-order valence-corrected chi connectivity index (χ4v) is 2.74. The molecule has 0 saturated heterocycles. The lowest BCUT2D eigenvalue weighted by Gasteiger charge is -2.31. The molecule has 0 aromatic carbocycles. The van der Waals surface area contributed by atoms with Crippen molar-refractivity contribution in [3.8, 4) is 0 Å². The van der Waals surface area contributed by atoms with Crippen molar-refractivity contribution in [2.75, 3.05) is 12.0 Å². The number of hydrogen-bond acceptors (Lipinski definition) is 3. The maximum Gasteiger partial charge on any atom is 0.404 e. The molecule has 0 aromatic heterocycles. The van der Waals surface area contributed by atoms with E-state index in [0.29, 0.717) is 5.92 Å². The van der Waals surface area contributed by atoms with Crippen LogP contribution in [-0.4, -0.2) is 40.5 Å². The summed E-state index contributed by atoms with van der Waals surface area (Å²) in [5.74, 6) is 1.13. The first-order chi connectivity index (χ1) is 7.13. The Morgan fingerprint density at radius 1 is 1.47 bits per heavy atom. The Hall–Kier alpha value is -0.420. The topological polar surface area (TPSA) is 69.6 Å². The number of nitrogens with one attached hydrogen (secondary N) is 1. The highest BCUT2D eigenvalue weighted by molar-refractivity contribution is 7.98. The first-order valence-corrected chi connectivity index (χ1v) is 6.69. The third-order valence-corrected chi connectivity index (χ3v) is 3.66. The van der Waals surface area contributed by atoms with Crippen molar-refractivity contribution in [2.24, 2.45) is 5.92 Å². The average Bonchev–Trinajstić information content (AvgIpc) is 2.18. The summed E-state index contributed by atoms with van der Waals surface area (Å²) in [7, 11) is 0. The number of aliphatic hydroxyl groups is 1. The number of thioether (sulfide) groups is 1. The molecule has 1 rings (SSSR count). The summed E-state index contributed by atoms with van der Waals surface area (Å²) in [4.78, 5) is 10.4. The third kappa shape index (κ3) is 4.30. The Balaban J connectivity index is 2.26. The highest BCUT2D eigenvalue weighted by atomic mass is 32.2. The number of rotatable bonds is 4. The molecule has 1 fully saturated rings. The summed E-state index contributed by atoms with van der Waals surface area (Å²) in [5, 5.41) is 20.8. The first-order valence-electron chi connectivity index (χ1n) is 5.30. The molecule has 15 heavy (non-hydrogen) atoms. The first kappa shape index (κ1) is 12.6. The van der Waals surface area contributed by atoms with Gasteiger partial charge in [0.1, 0.15) is 0 Å². The normalized spacial score (nSPS) is 28.4. The van der Waals surface area contributed by atoms with Crippen molar-refractivity contribution in [3.63, 3.8) is 0 Å². The summed E-state index contributed by atoms with van der Waals surface area (Å²) in [5.41, 5.74) is 0. The lowest BCUT2D eigenvalue weighted by atomic mass is 9.83. The van der Waals surface area contributed by atoms with Gasteiger partial charge in [-0.05, 0) is 37.9 Å². The Labute approximate surface area is 94.4 Å². The summed E-state index contributed by atoms with van der Waals surface area (Å²) in [6, 6.07) is 0.0835. The Bertz CT molecular complexity index is 205. The van der Waals surface area contributed by atoms with E-state index in [1.54, 1.807) is 11.8 Å². The van der Waals surface area contributed by atoms with Gasteiger partial charge in [0.25, 0.3) is 0 Å². The van der Waals surface area contributed by atoms with E-state index in [1.807, 2.05) is 6.26 Å². The second-order valence-corrected chi connectivity index (χ2v) is 4.99. The minimum atomic E-state index is -0.942. The van der Waals surface area contributed by atoms with Crippen LogP contribution in [0, 0.1) is 5.92 Å². The summed E-state index contributed by atoms with van der Waals surface area (Å²) < 4.78 is 0. The fraction of sp³-hybridized carbons (Fsp3) is 0.900. The average molecular weight is 233 g/mol. The number of carboxylic acid groups (broad SMARTS) is 1. The highest BCUT2D eigenvalue weighted by Gasteiger charge is 2.26. The maximum absolute atomic E-state index is 10.4. The summed E-state index contributed by atoms with van der Waals surface area (Å²) in [6.07, 6.45) is 4.36. The van der Waals surface area contributed by atoms with Crippen LogP contribution in [0.3, 0.4) is 0 Å². The second kappa shape index (κ2) is 6.23. The molecule has 0 heterocycles. The molecule has 1 aliphatic carbocycles. The van der Waals surface area contributed by atoms with Gasteiger partial charge in [-0.1, -0.05) is 0 Å². The molecule has 0 radical (unpaired) electrons. The lowest BCUT2D eigenvalue weighted by molar-refractivity contribution is 0.0968. The van der Waals surface area contributed by atoms with E-state index in [9.17, 15) is 9.90 Å². The minimum absolute atomic E-state index is 0.0835. The smallest absolute Gasteiger partial charge is 0.404 e. The molecule has 1 unspecified atom stereocenters. The minimum Gasteiger partial charge on any atom is -0.465 e. The van der Waals surface area contributed by atoms with E-state index in [4.69, 9.17) is 5.11 Å². The van der Waals surface area contributed by atoms with E-state index in [2.05, 4.69) is 5.32 Å². The number of aliphatic hydroxyl groups excluding tert-OH is 1. The number of hydrogen-bond donors (Lipinski definition) is 3. The van der Waals surface area contributed by atoms with Gasteiger partial charge in [0, 0.05) is 11.8 Å². The molecule has 3 N–H and O–H groups in total. The third-order valence-electron chi connectivity index (χ3n) is 2.98. The molecule has 1 amide bonds. The predicted molar refractivity (Wildman–Crippen MR) is 61.3 cm³/mol. The zero-order valence-corrected chi connectivity index (χ0v) is 9.80. The van der Waals surface area contributed by atoms with E-state index in [0.717, 1.165) is 31.4 Å². The van der Waals surface area contributed by atoms with E-state index in [-0.39, 0.29) is 12.1 Å². The molecule has 88 valence electrons. The molecule has 5 heteroatoms. The largest absolute Gasteiger partial charge is 0.465 e. The van der Waals surface area contributed by atoms with Crippen molar-refractivity contribution in [1.29, 1.82) is 0 Å². The summed E-state index contributed by atoms with van der Waals surface area (Å²) >= 11 is 1.66. The van der Waals surface area contributed by atoms with Crippen LogP contribution >= 0.6 is 11.8 Å². The molecule has 0 aromatic rings. The monoisotopic (exact) mass is 233 g/mol. The summed E-state index contributed by atoms with van der Waals surface area (Å²) in [6.45, 7) is 0. The van der Waals surface area contributed by atoms with Crippen LogP contribution in [0.1, 0.15) is 25.7 Å². The van der Waals surface area contributed by atoms with Gasteiger partial charge in [0.15, 0.2) is 0 Å².